The van der Waals surface area contributed by atoms with Gasteiger partial charge in [0.05, 0.1) is 13.2 Å². The van der Waals surface area contributed by atoms with E-state index in [9.17, 15) is 9.59 Å². The lowest BCUT2D eigenvalue weighted by atomic mass is 9.81. The standard InChI is InChI=1S/C18H27NO4/c1-12(2)15(20)16(18(3,4)5)19-17(21)23-11-13-8-7-9-14(10-13)22-6/h7-10,12,16H,11H2,1-6H3,(H,19,21). The number of benzene rings is 1. The van der Waals surface area contributed by atoms with Crippen molar-refractivity contribution < 1.29 is 19.1 Å². The van der Waals surface area contributed by atoms with Crippen LogP contribution in [0.25, 0.3) is 0 Å². The number of hydrogen-bond donors (Lipinski definition) is 1. The van der Waals surface area contributed by atoms with Gasteiger partial charge in [-0.15, -0.1) is 0 Å². The highest BCUT2D eigenvalue weighted by Crippen LogP contribution is 2.22. The second kappa shape index (κ2) is 7.99. The van der Waals surface area contributed by atoms with Gasteiger partial charge in [-0.3, -0.25) is 4.79 Å². The Hall–Kier alpha value is -2.04. The summed E-state index contributed by atoms with van der Waals surface area (Å²) in [4.78, 5) is 24.3. The zero-order chi connectivity index (χ0) is 17.6. The SMILES string of the molecule is COc1cccc(COC(=O)NC(C(=O)C(C)C)C(C)(C)C)c1. The van der Waals surface area contributed by atoms with Crippen molar-refractivity contribution in [3.63, 3.8) is 0 Å². The fraction of sp³-hybridized carbons (Fsp3) is 0.556. The van der Waals surface area contributed by atoms with Crippen molar-refractivity contribution in [1.29, 1.82) is 0 Å². The predicted octanol–water partition coefficient (Wildman–Crippen LogP) is 3.56. The van der Waals surface area contributed by atoms with E-state index in [1.807, 2.05) is 52.8 Å². The molecule has 1 unspecified atom stereocenters. The highest BCUT2D eigenvalue weighted by atomic mass is 16.5. The molecule has 0 bridgehead atoms. The second-order valence-electron chi connectivity index (χ2n) is 6.93. The molecule has 0 aliphatic heterocycles. The Labute approximate surface area is 138 Å². The maximum atomic E-state index is 12.3. The van der Waals surface area contributed by atoms with Gasteiger partial charge in [-0.05, 0) is 23.1 Å². The van der Waals surface area contributed by atoms with Crippen molar-refractivity contribution in [3.8, 4) is 5.75 Å². The zero-order valence-corrected chi connectivity index (χ0v) is 14.8. The second-order valence-corrected chi connectivity index (χ2v) is 6.93. The number of carbonyl (C=O) groups excluding carboxylic acids is 2. The van der Waals surface area contributed by atoms with Crippen LogP contribution in [0, 0.1) is 11.3 Å². The molecule has 0 heterocycles. The summed E-state index contributed by atoms with van der Waals surface area (Å²) in [6.07, 6.45) is -0.596. The van der Waals surface area contributed by atoms with Crippen molar-refractivity contribution >= 4 is 11.9 Å². The minimum atomic E-state index is -0.596. The molecule has 0 saturated heterocycles. The third-order valence-corrected chi connectivity index (χ3v) is 3.49. The molecule has 1 N–H and O–H groups in total. The highest BCUT2D eigenvalue weighted by Gasteiger charge is 2.34. The van der Waals surface area contributed by atoms with Gasteiger partial charge >= 0.3 is 6.09 Å². The van der Waals surface area contributed by atoms with Gasteiger partial charge in [0.2, 0.25) is 0 Å². The molecule has 1 amide bonds. The van der Waals surface area contributed by atoms with E-state index in [1.54, 1.807) is 13.2 Å². The molecule has 5 nitrogen and oxygen atoms in total. The fourth-order valence-corrected chi connectivity index (χ4v) is 2.12. The lowest BCUT2D eigenvalue weighted by Gasteiger charge is -2.31. The van der Waals surface area contributed by atoms with Gasteiger partial charge in [-0.25, -0.2) is 4.79 Å². The molecule has 128 valence electrons. The number of Topliss-reactive ketones (excluding diaryl/α,β-unsaturated/α-hetero) is 1. The summed E-state index contributed by atoms with van der Waals surface area (Å²) in [5.74, 6) is 0.544. The molecule has 0 radical (unpaired) electrons. The molecule has 1 rings (SSSR count). The summed E-state index contributed by atoms with van der Waals surface area (Å²) in [6.45, 7) is 9.52. The Bertz CT molecular complexity index is 546. The minimum Gasteiger partial charge on any atom is -0.497 e. The number of nitrogens with one attached hydrogen (secondary N) is 1. The van der Waals surface area contributed by atoms with Crippen LogP contribution < -0.4 is 10.1 Å². The first kappa shape index (κ1) is 19.0. The van der Waals surface area contributed by atoms with Crippen molar-refractivity contribution in [3.05, 3.63) is 29.8 Å². The quantitative estimate of drug-likeness (QED) is 0.870. The number of methoxy groups -OCH3 is 1. The Morgan fingerprint density at radius 2 is 1.87 bits per heavy atom. The van der Waals surface area contributed by atoms with Gasteiger partial charge < -0.3 is 14.8 Å². The lowest BCUT2D eigenvalue weighted by molar-refractivity contribution is -0.126. The molecule has 0 fully saturated rings. The van der Waals surface area contributed by atoms with Crippen molar-refractivity contribution in [2.45, 2.75) is 47.3 Å². The van der Waals surface area contributed by atoms with Gasteiger partial charge in [0.15, 0.2) is 5.78 Å². The lowest BCUT2D eigenvalue weighted by Crippen LogP contribution is -2.50. The maximum absolute atomic E-state index is 12.3. The molecule has 23 heavy (non-hydrogen) atoms. The number of alkyl carbamates (subject to hydrolysis) is 1. The van der Waals surface area contributed by atoms with E-state index in [2.05, 4.69) is 5.32 Å². The first-order valence-corrected chi connectivity index (χ1v) is 7.75. The number of ketones is 1. The van der Waals surface area contributed by atoms with Crippen LogP contribution in [0.1, 0.15) is 40.2 Å². The van der Waals surface area contributed by atoms with Crippen molar-refractivity contribution in [2.24, 2.45) is 11.3 Å². The summed E-state index contributed by atoms with van der Waals surface area (Å²) in [7, 11) is 1.58. The van der Waals surface area contributed by atoms with Crippen LogP contribution in [0.5, 0.6) is 5.75 Å². The fourth-order valence-electron chi connectivity index (χ4n) is 2.12. The van der Waals surface area contributed by atoms with E-state index in [0.717, 1.165) is 5.56 Å². The largest absolute Gasteiger partial charge is 0.497 e. The average Bonchev–Trinajstić information content (AvgIpc) is 2.48. The number of amides is 1. The summed E-state index contributed by atoms with van der Waals surface area (Å²) < 4.78 is 10.4. The maximum Gasteiger partial charge on any atom is 0.408 e. The van der Waals surface area contributed by atoms with Crippen LogP contribution in [0.15, 0.2) is 24.3 Å². The van der Waals surface area contributed by atoms with E-state index in [0.29, 0.717) is 5.75 Å². The molecule has 0 aliphatic rings. The van der Waals surface area contributed by atoms with Gasteiger partial charge in [0.1, 0.15) is 12.4 Å². The summed E-state index contributed by atoms with van der Waals surface area (Å²) >= 11 is 0. The van der Waals surface area contributed by atoms with E-state index >= 15 is 0 Å². The van der Waals surface area contributed by atoms with Crippen molar-refractivity contribution in [2.75, 3.05) is 7.11 Å². The Morgan fingerprint density at radius 3 is 2.39 bits per heavy atom. The summed E-state index contributed by atoms with van der Waals surface area (Å²) in [5.41, 5.74) is 0.443. The van der Waals surface area contributed by atoms with Crippen LogP contribution >= 0.6 is 0 Å². The zero-order valence-electron chi connectivity index (χ0n) is 14.8. The molecule has 1 aromatic carbocycles. The summed E-state index contributed by atoms with van der Waals surface area (Å²) in [5, 5.41) is 2.69. The molecule has 0 spiro atoms. The van der Waals surface area contributed by atoms with E-state index < -0.39 is 12.1 Å². The smallest absolute Gasteiger partial charge is 0.408 e. The van der Waals surface area contributed by atoms with Crippen LogP contribution in [-0.2, 0) is 16.1 Å². The topological polar surface area (TPSA) is 64.6 Å². The molecule has 1 atom stereocenters. The number of hydrogen-bond acceptors (Lipinski definition) is 4. The first-order chi connectivity index (χ1) is 10.6. The summed E-state index contributed by atoms with van der Waals surface area (Å²) in [6, 6.07) is 6.71. The van der Waals surface area contributed by atoms with Crippen molar-refractivity contribution in [1.82, 2.24) is 5.32 Å². The van der Waals surface area contributed by atoms with Crippen LogP contribution in [0.2, 0.25) is 0 Å². The van der Waals surface area contributed by atoms with Crippen LogP contribution in [0.3, 0.4) is 0 Å². The Kier molecular flexibility index (Phi) is 6.61. The van der Waals surface area contributed by atoms with E-state index in [1.165, 1.54) is 0 Å². The molecule has 1 aromatic rings. The molecular formula is C18H27NO4. The Morgan fingerprint density at radius 1 is 1.22 bits per heavy atom. The van der Waals surface area contributed by atoms with Gasteiger partial charge in [0, 0.05) is 5.92 Å². The average molecular weight is 321 g/mol. The molecular weight excluding hydrogens is 294 g/mol. The predicted molar refractivity (Wildman–Crippen MR) is 89.4 cm³/mol. The monoisotopic (exact) mass is 321 g/mol. The normalized spacial score (nSPS) is 12.7. The van der Waals surface area contributed by atoms with Gasteiger partial charge in [0.25, 0.3) is 0 Å². The van der Waals surface area contributed by atoms with Gasteiger partial charge in [-0.1, -0.05) is 46.8 Å². The number of rotatable bonds is 6. The van der Waals surface area contributed by atoms with E-state index in [4.69, 9.17) is 9.47 Å². The molecule has 0 aromatic heterocycles. The number of carbonyl (C=O) groups is 2. The third kappa shape index (κ3) is 5.93. The van der Waals surface area contributed by atoms with Gasteiger partial charge in [-0.2, -0.15) is 0 Å². The minimum absolute atomic E-state index is 0.00386. The molecule has 0 saturated carbocycles. The first-order valence-electron chi connectivity index (χ1n) is 7.75. The van der Waals surface area contributed by atoms with E-state index in [-0.39, 0.29) is 23.7 Å². The third-order valence-electron chi connectivity index (χ3n) is 3.49. The number of ether oxygens (including phenoxy) is 2. The van der Waals surface area contributed by atoms with Crippen LogP contribution in [0.4, 0.5) is 4.79 Å². The molecule has 5 heteroatoms. The highest BCUT2D eigenvalue weighted by molar-refractivity contribution is 5.89. The molecule has 0 aliphatic carbocycles. The van der Waals surface area contributed by atoms with Crippen LogP contribution in [-0.4, -0.2) is 25.0 Å². The Balaban J connectivity index is 2.67.